The van der Waals surface area contributed by atoms with Gasteiger partial charge in [-0.3, -0.25) is 0 Å². The lowest BCUT2D eigenvalue weighted by molar-refractivity contribution is 0.0258. The van der Waals surface area contributed by atoms with Gasteiger partial charge in [0.15, 0.2) is 0 Å². The third-order valence-electron chi connectivity index (χ3n) is 2.26. The van der Waals surface area contributed by atoms with Crippen molar-refractivity contribution in [2.24, 2.45) is 0 Å². The van der Waals surface area contributed by atoms with Crippen LogP contribution in [0.2, 0.25) is 0 Å². The molecule has 0 fully saturated rings. The number of rotatable bonds is 3. The molecular weight excluding hydrogens is 280 g/mol. The molecule has 0 unspecified atom stereocenters. The summed E-state index contributed by atoms with van der Waals surface area (Å²) in [5.74, 6) is 0. The van der Waals surface area contributed by atoms with Crippen molar-refractivity contribution in [2.45, 2.75) is 38.2 Å². The number of carbonyl (C=O) groups is 1. The second kappa shape index (κ2) is 5.80. The first-order valence-corrected chi connectivity index (χ1v) is 7.55. The second-order valence-corrected chi connectivity index (χ2v) is 7.11. The molecule has 0 saturated heterocycles. The van der Waals surface area contributed by atoms with Gasteiger partial charge in [-0.2, -0.15) is 0 Å². The van der Waals surface area contributed by atoms with Crippen LogP contribution in [0.25, 0.3) is 0 Å². The number of benzene rings is 1. The maximum absolute atomic E-state index is 12.1. The molecule has 6 nitrogen and oxygen atoms in total. The molecule has 0 atom stereocenters. The summed E-state index contributed by atoms with van der Waals surface area (Å²) < 4.78 is 29.2. The molecule has 0 aliphatic carbocycles. The Hall–Kier alpha value is -1.60. The molecule has 0 aliphatic heterocycles. The molecule has 0 bridgehead atoms. The highest BCUT2D eigenvalue weighted by Crippen LogP contribution is 2.12. The van der Waals surface area contributed by atoms with Gasteiger partial charge in [-0.25, -0.2) is 18.2 Å². The average molecular weight is 300 g/mol. The van der Waals surface area contributed by atoms with Crippen molar-refractivity contribution in [1.82, 2.24) is 9.84 Å². The van der Waals surface area contributed by atoms with Gasteiger partial charge in [0, 0.05) is 7.05 Å². The van der Waals surface area contributed by atoms with Gasteiger partial charge >= 0.3 is 6.09 Å². The number of hydrogen-bond acceptors (Lipinski definition) is 4. The van der Waals surface area contributed by atoms with Crippen LogP contribution in [0.5, 0.6) is 0 Å². The minimum atomic E-state index is -3.80. The lowest BCUT2D eigenvalue weighted by Gasteiger charge is -2.24. The average Bonchev–Trinajstić information content (AvgIpc) is 2.26. The number of ether oxygens (including phenoxy) is 1. The molecule has 1 aromatic rings. The van der Waals surface area contributed by atoms with Crippen molar-refractivity contribution in [3.05, 3.63) is 29.8 Å². The third kappa shape index (κ3) is 4.82. The fourth-order valence-corrected chi connectivity index (χ4v) is 2.35. The Labute approximate surface area is 119 Å². The second-order valence-electron chi connectivity index (χ2n) is 5.45. The Bertz CT molecular complexity index is 573. The van der Waals surface area contributed by atoms with E-state index in [1.807, 2.05) is 6.92 Å². The van der Waals surface area contributed by atoms with Gasteiger partial charge < -0.3 is 4.74 Å². The highest BCUT2D eigenvalue weighted by molar-refractivity contribution is 7.89. The SMILES string of the molecule is Cc1ccc(S(=O)(=O)NN(C)C(=O)OC(C)(C)C)cc1. The number of amides is 1. The molecule has 0 spiro atoms. The van der Waals surface area contributed by atoms with Crippen LogP contribution >= 0.6 is 0 Å². The third-order valence-corrected chi connectivity index (χ3v) is 3.66. The highest BCUT2D eigenvalue weighted by Gasteiger charge is 2.24. The Morgan fingerprint density at radius 2 is 1.70 bits per heavy atom. The molecule has 0 heterocycles. The Balaban J connectivity index is 2.81. The smallest absolute Gasteiger partial charge is 0.425 e. The van der Waals surface area contributed by atoms with Crippen LogP contribution in [0.4, 0.5) is 4.79 Å². The monoisotopic (exact) mass is 300 g/mol. The van der Waals surface area contributed by atoms with Crippen molar-refractivity contribution in [3.8, 4) is 0 Å². The molecule has 20 heavy (non-hydrogen) atoms. The first-order chi connectivity index (χ1) is 9.01. The van der Waals surface area contributed by atoms with Crippen LogP contribution in [0, 0.1) is 6.92 Å². The first-order valence-electron chi connectivity index (χ1n) is 6.07. The van der Waals surface area contributed by atoms with Gasteiger partial charge in [0.25, 0.3) is 10.0 Å². The molecular formula is C13H20N2O4S. The fraction of sp³-hybridized carbons (Fsp3) is 0.462. The molecule has 1 aromatic carbocycles. The molecule has 0 aliphatic rings. The van der Waals surface area contributed by atoms with E-state index in [4.69, 9.17) is 4.74 Å². The number of hydrogen-bond donors (Lipinski definition) is 1. The molecule has 1 N–H and O–H groups in total. The molecule has 7 heteroatoms. The van der Waals surface area contributed by atoms with Crippen molar-refractivity contribution in [2.75, 3.05) is 7.05 Å². The predicted octanol–water partition coefficient (Wildman–Crippen LogP) is 2.06. The lowest BCUT2D eigenvalue weighted by atomic mass is 10.2. The summed E-state index contributed by atoms with van der Waals surface area (Å²) >= 11 is 0. The topological polar surface area (TPSA) is 75.7 Å². The Kier molecular flexibility index (Phi) is 4.77. The van der Waals surface area contributed by atoms with Crippen LogP contribution in [0.3, 0.4) is 0 Å². The van der Waals surface area contributed by atoms with E-state index in [0.717, 1.165) is 10.6 Å². The molecule has 0 saturated carbocycles. The summed E-state index contributed by atoms with van der Waals surface area (Å²) in [6.07, 6.45) is -0.770. The predicted molar refractivity (Wildman–Crippen MR) is 75.5 cm³/mol. The first kappa shape index (κ1) is 16.5. The van der Waals surface area contributed by atoms with E-state index in [0.29, 0.717) is 0 Å². The van der Waals surface area contributed by atoms with Crippen molar-refractivity contribution in [1.29, 1.82) is 0 Å². The normalized spacial score (nSPS) is 12.1. The van der Waals surface area contributed by atoms with E-state index >= 15 is 0 Å². The number of nitrogens with one attached hydrogen (secondary N) is 1. The number of aryl methyl sites for hydroxylation is 1. The quantitative estimate of drug-likeness (QED) is 0.867. The number of sulfonamides is 1. The van der Waals surface area contributed by atoms with Gasteiger partial charge in [-0.1, -0.05) is 17.7 Å². The van der Waals surface area contributed by atoms with Gasteiger partial charge in [-0.05, 0) is 39.8 Å². The summed E-state index contributed by atoms with van der Waals surface area (Å²) in [7, 11) is -2.51. The van der Waals surface area contributed by atoms with Gasteiger partial charge in [-0.15, -0.1) is 4.83 Å². The van der Waals surface area contributed by atoms with Crippen LogP contribution in [0.15, 0.2) is 29.2 Å². The van der Waals surface area contributed by atoms with E-state index in [9.17, 15) is 13.2 Å². The highest BCUT2D eigenvalue weighted by atomic mass is 32.2. The van der Waals surface area contributed by atoms with Crippen molar-refractivity contribution in [3.63, 3.8) is 0 Å². The lowest BCUT2D eigenvalue weighted by Crippen LogP contribution is -2.45. The minimum absolute atomic E-state index is 0.0820. The van der Waals surface area contributed by atoms with Crippen LogP contribution < -0.4 is 4.83 Å². The van der Waals surface area contributed by atoms with Gasteiger partial charge in [0.05, 0.1) is 4.90 Å². The molecule has 1 rings (SSSR count). The zero-order chi connectivity index (χ0) is 15.6. The zero-order valence-electron chi connectivity index (χ0n) is 12.3. The molecule has 0 radical (unpaired) electrons. The number of carbonyl (C=O) groups excluding carboxylic acids is 1. The minimum Gasteiger partial charge on any atom is -0.443 e. The Morgan fingerprint density at radius 1 is 1.20 bits per heavy atom. The summed E-state index contributed by atoms with van der Waals surface area (Å²) in [5.41, 5.74) is 0.255. The number of nitrogens with zero attached hydrogens (tertiary/aromatic N) is 1. The van der Waals surface area contributed by atoms with Crippen molar-refractivity contribution >= 4 is 16.1 Å². The summed E-state index contributed by atoms with van der Waals surface area (Å²) in [5, 5.41) is 0.806. The number of hydrazine groups is 1. The van der Waals surface area contributed by atoms with Gasteiger partial charge in [0.1, 0.15) is 5.60 Å². The van der Waals surface area contributed by atoms with E-state index in [1.54, 1.807) is 32.9 Å². The van der Waals surface area contributed by atoms with Crippen LogP contribution in [-0.2, 0) is 14.8 Å². The molecule has 0 aromatic heterocycles. The van der Waals surface area contributed by atoms with Crippen molar-refractivity contribution < 1.29 is 17.9 Å². The fourth-order valence-electron chi connectivity index (χ4n) is 1.32. The van der Waals surface area contributed by atoms with E-state index in [2.05, 4.69) is 4.83 Å². The summed E-state index contributed by atoms with van der Waals surface area (Å²) in [6.45, 7) is 6.96. The maximum atomic E-state index is 12.1. The van der Waals surface area contributed by atoms with Crippen LogP contribution in [-0.4, -0.2) is 32.2 Å². The van der Waals surface area contributed by atoms with Crippen LogP contribution in [0.1, 0.15) is 26.3 Å². The molecule has 112 valence electrons. The van der Waals surface area contributed by atoms with Gasteiger partial charge in [0.2, 0.25) is 0 Å². The Morgan fingerprint density at radius 3 is 2.15 bits per heavy atom. The van der Waals surface area contributed by atoms with E-state index in [1.165, 1.54) is 19.2 Å². The molecule has 1 amide bonds. The summed E-state index contributed by atoms with van der Waals surface area (Å²) in [6, 6.07) is 6.31. The largest absolute Gasteiger partial charge is 0.443 e. The standard InChI is InChI=1S/C13H20N2O4S/c1-10-6-8-11(9-7-10)20(17,18)14-15(5)12(16)19-13(2,3)4/h6-9,14H,1-5H3. The zero-order valence-corrected chi connectivity index (χ0v) is 13.1. The van der Waals surface area contributed by atoms with E-state index in [-0.39, 0.29) is 4.90 Å². The summed E-state index contributed by atoms with van der Waals surface area (Å²) in [4.78, 5) is 13.9. The van der Waals surface area contributed by atoms with E-state index < -0.39 is 21.7 Å². The maximum Gasteiger partial charge on any atom is 0.425 e.